The number of halogens is 1. The van der Waals surface area contributed by atoms with Crippen LogP contribution in [0.2, 0.25) is 0 Å². The Hall–Kier alpha value is -2.19. The van der Waals surface area contributed by atoms with E-state index in [1.165, 1.54) is 0 Å². The van der Waals surface area contributed by atoms with Crippen molar-refractivity contribution in [3.8, 4) is 17.6 Å². The van der Waals surface area contributed by atoms with E-state index in [0.717, 1.165) is 15.8 Å². The second kappa shape index (κ2) is 6.31. The molecule has 0 aliphatic carbocycles. The van der Waals surface area contributed by atoms with Crippen molar-refractivity contribution in [1.29, 1.82) is 5.26 Å². The fourth-order valence-corrected chi connectivity index (χ4v) is 2.20. The first-order valence-corrected chi connectivity index (χ1v) is 6.65. The largest absolute Gasteiger partial charge is 0.497 e. The number of hydrogen-bond acceptors (Lipinski definition) is 4. The number of rotatable bonds is 4. The standard InChI is InChI=1S/C15H13BrN2O2/c1-19-13-5-12(6-14(8-13)20-2)18-11-4-3-10(9-17)15(16)7-11/h3-8,18H,1-2H3. The average Bonchev–Trinajstić information content (AvgIpc) is 2.47. The lowest BCUT2D eigenvalue weighted by atomic mass is 10.2. The van der Waals surface area contributed by atoms with Crippen molar-refractivity contribution in [3.63, 3.8) is 0 Å². The molecule has 5 heteroatoms. The van der Waals surface area contributed by atoms with Crippen LogP contribution in [0.25, 0.3) is 0 Å². The number of hydrogen-bond donors (Lipinski definition) is 1. The Labute approximate surface area is 126 Å². The maximum atomic E-state index is 8.90. The molecule has 0 atom stereocenters. The van der Waals surface area contributed by atoms with E-state index in [2.05, 4.69) is 27.3 Å². The summed E-state index contributed by atoms with van der Waals surface area (Å²) in [7, 11) is 3.22. The van der Waals surface area contributed by atoms with Crippen molar-refractivity contribution in [2.45, 2.75) is 0 Å². The Balaban J connectivity index is 2.30. The van der Waals surface area contributed by atoms with E-state index in [0.29, 0.717) is 17.1 Å². The van der Waals surface area contributed by atoms with Crippen LogP contribution in [-0.2, 0) is 0 Å². The Morgan fingerprint density at radius 1 is 1.00 bits per heavy atom. The third-order valence-corrected chi connectivity index (χ3v) is 3.39. The van der Waals surface area contributed by atoms with Gasteiger partial charge in [0.1, 0.15) is 17.6 Å². The highest BCUT2D eigenvalue weighted by Crippen LogP contribution is 2.29. The van der Waals surface area contributed by atoms with Gasteiger partial charge in [-0.3, -0.25) is 0 Å². The average molecular weight is 333 g/mol. The molecule has 102 valence electrons. The first kappa shape index (κ1) is 14.2. The zero-order valence-electron chi connectivity index (χ0n) is 11.1. The number of anilines is 2. The second-order valence-corrected chi connectivity index (χ2v) is 4.89. The molecule has 0 saturated heterocycles. The third-order valence-electron chi connectivity index (χ3n) is 2.73. The number of nitrogens with one attached hydrogen (secondary N) is 1. The summed E-state index contributed by atoms with van der Waals surface area (Å²) in [5.74, 6) is 1.42. The van der Waals surface area contributed by atoms with Crippen molar-refractivity contribution >= 4 is 27.3 Å². The summed E-state index contributed by atoms with van der Waals surface area (Å²) >= 11 is 3.37. The molecule has 0 aliphatic heterocycles. The van der Waals surface area contributed by atoms with Gasteiger partial charge in [0, 0.05) is 34.0 Å². The molecule has 0 amide bonds. The quantitative estimate of drug-likeness (QED) is 0.916. The molecular weight excluding hydrogens is 320 g/mol. The molecule has 0 radical (unpaired) electrons. The number of methoxy groups -OCH3 is 2. The van der Waals surface area contributed by atoms with Crippen molar-refractivity contribution in [2.24, 2.45) is 0 Å². The summed E-state index contributed by atoms with van der Waals surface area (Å²) in [4.78, 5) is 0. The van der Waals surface area contributed by atoms with Crippen LogP contribution in [0.4, 0.5) is 11.4 Å². The molecule has 0 fully saturated rings. The van der Waals surface area contributed by atoms with Crippen LogP contribution in [-0.4, -0.2) is 14.2 Å². The van der Waals surface area contributed by atoms with E-state index < -0.39 is 0 Å². The van der Waals surface area contributed by atoms with Gasteiger partial charge in [-0.05, 0) is 34.1 Å². The lowest BCUT2D eigenvalue weighted by Gasteiger charge is -2.11. The maximum Gasteiger partial charge on any atom is 0.124 e. The van der Waals surface area contributed by atoms with Gasteiger partial charge in [0.25, 0.3) is 0 Å². The molecule has 0 heterocycles. The van der Waals surface area contributed by atoms with Crippen LogP contribution >= 0.6 is 15.9 Å². The van der Waals surface area contributed by atoms with Crippen LogP contribution < -0.4 is 14.8 Å². The summed E-state index contributed by atoms with van der Waals surface area (Å²) in [6.45, 7) is 0. The minimum atomic E-state index is 0.596. The Morgan fingerprint density at radius 3 is 2.15 bits per heavy atom. The first-order chi connectivity index (χ1) is 9.66. The van der Waals surface area contributed by atoms with Gasteiger partial charge in [-0.15, -0.1) is 0 Å². The predicted molar refractivity (Wildman–Crippen MR) is 81.7 cm³/mol. The van der Waals surface area contributed by atoms with Crippen molar-refractivity contribution in [3.05, 3.63) is 46.4 Å². The fraction of sp³-hybridized carbons (Fsp3) is 0.133. The molecule has 2 aromatic rings. The summed E-state index contributed by atoms with van der Waals surface area (Å²) in [5, 5.41) is 12.1. The molecule has 0 saturated carbocycles. The van der Waals surface area contributed by atoms with Gasteiger partial charge in [0.05, 0.1) is 19.8 Å². The van der Waals surface area contributed by atoms with Crippen LogP contribution in [0, 0.1) is 11.3 Å². The summed E-state index contributed by atoms with van der Waals surface area (Å²) < 4.78 is 11.2. The second-order valence-electron chi connectivity index (χ2n) is 4.03. The lowest BCUT2D eigenvalue weighted by molar-refractivity contribution is 0.395. The predicted octanol–water partition coefficient (Wildman–Crippen LogP) is 4.08. The molecule has 4 nitrogen and oxygen atoms in total. The zero-order valence-corrected chi connectivity index (χ0v) is 12.7. The van der Waals surface area contributed by atoms with Crippen LogP contribution in [0.5, 0.6) is 11.5 Å². The summed E-state index contributed by atoms with van der Waals surface area (Å²) in [6, 6.07) is 13.1. The Morgan fingerprint density at radius 2 is 1.65 bits per heavy atom. The number of benzene rings is 2. The summed E-state index contributed by atoms with van der Waals surface area (Å²) in [6.07, 6.45) is 0. The molecule has 0 unspecified atom stereocenters. The van der Waals surface area contributed by atoms with Gasteiger partial charge < -0.3 is 14.8 Å². The molecule has 2 aromatic carbocycles. The minimum Gasteiger partial charge on any atom is -0.497 e. The van der Waals surface area contributed by atoms with E-state index in [4.69, 9.17) is 14.7 Å². The van der Waals surface area contributed by atoms with Crippen molar-refractivity contribution < 1.29 is 9.47 Å². The van der Waals surface area contributed by atoms with Gasteiger partial charge in [-0.1, -0.05) is 0 Å². The third kappa shape index (κ3) is 3.22. The topological polar surface area (TPSA) is 54.3 Å². The Bertz CT molecular complexity index is 643. The molecule has 0 aliphatic rings. The van der Waals surface area contributed by atoms with Gasteiger partial charge in [0.15, 0.2) is 0 Å². The Kier molecular flexibility index (Phi) is 4.49. The smallest absolute Gasteiger partial charge is 0.124 e. The molecule has 2 rings (SSSR count). The number of ether oxygens (including phenoxy) is 2. The molecule has 20 heavy (non-hydrogen) atoms. The molecule has 1 N–H and O–H groups in total. The summed E-state index contributed by atoms with van der Waals surface area (Å²) in [5.41, 5.74) is 2.31. The zero-order chi connectivity index (χ0) is 14.5. The van der Waals surface area contributed by atoms with E-state index in [9.17, 15) is 0 Å². The lowest BCUT2D eigenvalue weighted by Crippen LogP contribution is -1.94. The number of nitrogens with zero attached hydrogens (tertiary/aromatic N) is 1. The highest BCUT2D eigenvalue weighted by molar-refractivity contribution is 9.10. The van der Waals surface area contributed by atoms with Crippen LogP contribution in [0.15, 0.2) is 40.9 Å². The van der Waals surface area contributed by atoms with Gasteiger partial charge >= 0.3 is 0 Å². The molecule has 0 spiro atoms. The van der Waals surface area contributed by atoms with Gasteiger partial charge in [-0.2, -0.15) is 5.26 Å². The highest BCUT2D eigenvalue weighted by atomic mass is 79.9. The fourth-order valence-electron chi connectivity index (χ4n) is 1.73. The number of nitriles is 1. The highest BCUT2D eigenvalue weighted by Gasteiger charge is 2.04. The van der Waals surface area contributed by atoms with Gasteiger partial charge in [-0.25, -0.2) is 0 Å². The molecule has 0 aromatic heterocycles. The molecular formula is C15H13BrN2O2. The maximum absolute atomic E-state index is 8.90. The minimum absolute atomic E-state index is 0.596. The van der Waals surface area contributed by atoms with Gasteiger partial charge in [0.2, 0.25) is 0 Å². The van der Waals surface area contributed by atoms with Crippen LogP contribution in [0.1, 0.15) is 5.56 Å². The first-order valence-electron chi connectivity index (χ1n) is 5.86. The van der Waals surface area contributed by atoms with E-state index in [1.807, 2.05) is 24.3 Å². The van der Waals surface area contributed by atoms with E-state index >= 15 is 0 Å². The van der Waals surface area contributed by atoms with Crippen molar-refractivity contribution in [2.75, 3.05) is 19.5 Å². The molecule has 0 bridgehead atoms. The van der Waals surface area contributed by atoms with E-state index in [1.54, 1.807) is 26.4 Å². The van der Waals surface area contributed by atoms with E-state index in [-0.39, 0.29) is 0 Å². The normalized spacial score (nSPS) is 9.70. The van der Waals surface area contributed by atoms with Crippen molar-refractivity contribution in [1.82, 2.24) is 0 Å². The SMILES string of the molecule is COc1cc(Nc2ccc(C#N)c(Br)c2)cc(OC)c1. The van der Waals surface area contributed by atoms with Crippen LogP contribution in [0.3, 0.4) is 0 Å². The monoisotopic (exact) mass is 332 g/mol.